The Bertz CT molecular complexity index is 1620. The van der Waals surface area contributed by atoms with Crippen molar-refractivity contribution in [1.29, 1.82) is 0 Å². The number of amides is 1. The molecule has 2 aromatic heterocycles. The van der Waals surface area contributed by atoms with E-state index in [4.69, 9.17) is 15.5 Å². The van der Waals surface area contributed by atoms with Gasteiger partial charge in [-0.15, -0.1) is 0 Å². The molecule has 12 heteroatoms. The van der Waals surface area contributed by atoms with E-state index >= 15 is 0 Å². The van der Waals surface area contributed by atoms with Gasteiger partial charge in [0.1, 0.15) is 19.0 Å². The highest BCUT2D eigenvalue weighted by atomic mass is 19.4. The molecular formula is C29H31F4N5O3. The number of aryl methyl sites for hydroxylation is 1. The van der Waals surface area contributed by atoms with Crippen LogP contribution in [0.15, 0.2) is 36.4 Å². The van der Waals surface area contributed by atoms with E-state index in [-0.39, 0.29) is 18.2 Å². The van der Waals surface area contributed by atoms with Crippen LogP contribution >= 0.6 is 0 Å². The highest BCUT2D eigenvalue weighted by Gasteiger charge is 2.39. The molecule has 6 rings (SSSR count). The standard InChI is InChI=1S/C29H31F4N5O3/c1-36-22-9-17-7-8-37(14-19(34)12-30)28(40)20(17)11-21(22)35-27(36)23-10-18-3-2-4-24(41-15-25(39)29(31,32)33)26(18)38(23)13-16-5-6-16/h2-4,9-11,16,19,25,39H,5-8,12-15,34H2,1H3/t19-,25+/m1/s1. The van der Waals surface area contributed by atoms with Crippen molar-refractivity contribution < 1.29 is 32.2 Å². The van der Waals surface area contributed by atoms with Crippen LogP contribution < -0.4 is 10.5 Å². The summed E-state index contributed by atoms with van der Waals surface area (Å²) in [5.41, 5.74) is 10.1. The molecule has 0 radical (unpaired) electrons. The number of alkyl halides is 4. The number of hydrogen-bond acceptors (Lipinski definition) is 5. The minimum Gasteiger partial charge on any atom is -0.488 e. The maximum absolute atomic E-state index is 13.2. The third-order valence-electron chi connectivity index (χ3n) is 7.95. The molecule has 1 aliphatic carbocycles. The van der Waals surface area contributed by atoms with Crippen LogP contribution in [0.25, 0.3) is 33.5 Å². The van der Waals surface area contributed by atoms with Gasteiger partial charge in [-0.2, -0.15) is 13.2 Å². The molecule has 2 atom stereocenters. The van der Waals surface area contributed by atoms with E-state index in [0.29, 0.717) is 47.8 Å². The van der Waals surface area contributed by atoms with Crippen molar-refractivity contribution in [2.45, 2.75) is 44.1 Å². The lowest BCUT2D eigenvalue weighted by atomic mass is 9.97. The first-order chi connectivity index (χ1) is 19.5. The summed E-state index contributed by atoms with van der Waals surface area (Å²) in [5.74, 6) is 1.13. The lowest BCUT2D eigenvalue weighted by Crippen LogP contribution is -2.45. The average Bonchev–Trinajstić information content (AvgIpc) is 3.61. The smallest absolute Gasteiger partial charge is 0.417 e. The summed E-state index contributed by atoms with van der Waals surface area (Å²) < 4.78 is 61.3. The number of nitrogens with two attached hydrogens (primary N) is 1. The summed E-state index contributed by atoms with van der Waals surface area (Å²) in [6.45, 7) is -0.373. The van der Waals surface area contributed by atoms with Gasteiger partial charge in [0.15, 0.2) is 11.9 Å². The second-order valence-electron chi connectivity index (χ2n) is 11.1. The highest BCUT2D eigenvalue weighted by molar-refractivity contribution is 6.01. The van der Waals surface area contributed by atoms with Crippen molar-refractivity contribution in [3.8, 4) is 17.3 Å². The van der Waals surface area contributed by atoms with Crippen LogP contribution in [0.1, 0.15) is 28.8 Å². The van der Waals surface area contributed by atoms with Gasteiger partial charge < -0.3 is 29.6 Å². The van der Waals surface area contributed by atoms with Crippen LogP contribution in [0.5, 0.6) is 5.75 Å². The van der Waals surface area contributed by atoms with Crippen LogP contribution in [0.2, 0.25) is 0 Å². The van der Waals surface area contributed by atoms with E-state index in [9.17, 15) is 27.5 Å². The van der Waals surface area contributed by atoms with Gasteiger partial charge in [0.05, 0.1) is 28.3 Å². The van der Waals surface area contributed by atoms with Crippen LogP contribution in [-0.2, 0) is 20.0 Å². The fraction of sp³-hybridized carbons (Fsp3) is 0.448. The Kier molecular flexibility index (Phi) is 6.93. The molecule has 41 heavy (non-hydrogen) atoms. The van der Waals surface area contributed by atoms with Crippen molar-refractivity contribution in [1.82, 2.24) is 19.0 Å². The second kappa shape index (κ2) is 10.3. The normalized spacial score (nSPS) is 17.3. The zero-order chi connectivity index (χ0) is 29.1. The fourth-order valence-corrected chi connectivity index (χ4v) is 5.55. The summed E-state index contributed by atoms with van der Waals surface area (Å²) in [4.78, 5) is 19.7. The molecule has 3 N–H and O–H groups in total. The van der Waals surface area contributed by atoms with Crippen LogP contribution in [0, 0.1) is 5.92 Å². The molecule has 4 aromatic rings. The molecule has 0 bridgehead atoms. The molecule has 0 saturated heterocycles. The minimum absolute atomic E-state index is 0.145. The number of ether oxygens (including phenoxy) is 1. The number of fused-ring (bicyclic) bond motifs is 3. The van der Waals surface area contributed by atoms with Crippen LogP contribution in [0.4, 0.5) is 17.6 Å². The number of halogens is 4. The maximum atomic E-state index is 13.2. The Morgan fingerprint density at radius 2 is 2.00 bits per heavy atom. The number of carbonyl (C=O) groups excluding carboxylic acids is 1. The number of aliphatic hydroxyl groups is 1. The Labute approximate surface area is 233 Å². The topological polar surface area (TPSA) is 98.5 Å². The summed E-state index contributed by atoms with van der Waals surface area (Å²) in [6, 6.07) is 10.1. The molecule has 2 aliphatic rings. The molecule has 1 fully saturated rings. The highest BCUT2D eigenvalue weighted by Crippen LogP contribution is 2.39. The Morgan fingerprint density at radius 3 is 2.71 bits per heavy atom. The summed E-state index contributed by atoms with van der Waals surface area (Å²) in [5, 5.41) is 10.3. The number of para-hydroxylation sites is 1. The molecule has 3 heterocycles. The third kappa shape index (κ3) is 5.14. The number of imidazole rings is 1. The van der Waals surface area contributed by atoms with Gasteiger partial charge >= 0.3 is 6.18 Å². The number of aromatic nitrogens is 3. The van der Waals surface area contributed by atoms with Crippen LogP contribution in [-0.4, -0.2) is 74.7 Å². The lowest BCUT2D eigenvalue weighted by molar-refractivity contribution is -0.210. The van der Waals surface area contributed by atoms with Crippen molar-refractivity contribution >= 4 is 27.8 Å². The minimum atomic E-state index is -4.78. The monoisotopic (exact) mass is 573 g/mol. The number of hydrogen-bond donors (Lipinski definition) is 2. The number of nitrogens with zero attached hydrogens (tertiary/aromatic N) is 4. The van der Waals surface area contributed by atoms with Gasteiger partial charge in [0, 0.05) is 37.6 Å². The zero-order valence-corrected chi connectivity index (χ0v) is 22.5. The van der Waals surface area contributed by atoms with E-state index in [1.54, 1.807) is 23.1 Å². The molecule has 2 aromatic carbocycles. The zero-order valence-electron chi connectivity index (χ0n) is 22.5. The largest absolute Gasteiger partial charge is 0.488 e. The van der Waals surface area contributed by atoms with Crippen molar-refractivity contribution in [3.05, 3.63) is 47.5 Å². The van der Waals surface area contributed by atoms with E-state index in [0.717, 1.165) is 35.0 Å². The Morgan fingerprint density at radius 1 is 1.22 bits per heavy atom. The van der Waals surface area contributed by atoms with Gasteiger partial charge in [-0.05, 0) is 55.0 Å². The Hall–Kier alpha value is -3.64. The van der Waals surface area contributed by atoms with Gasteiger partial charge in [-0.1, -0.05) is 12.1 Å². The molecule has 0 unspecified atom stereocenters. The number of rotatable bonds is 9. The predicted molar refractivity (Wildman–Crippen MR) is 145 cm³/mol. The Balaban J connectivity index is 1.41. The first kappa shape index (κ1) is 27.5. The SMILES string of the molecule is Cn1c(-c2cc3cccc(OC[C@H](O)C(F)(F)F)c3n2CC2CC2)nc2cc3c(cc21)CCN(C[C@H](N)CF)C3=O. The van der Waals surface area contributed by atoms with E-state index in [1.165, 1.54) is 0 Å². The molecule has 0 spiro atoms. The third-order valence-corrected chi connectivity index (χ3v) is 7.95. The number of carbonyl (C=O) groups is 1. The maximum Gasteiger partial charge on any atom is 0.417 e. The molecule has 1 amide bonds. The molecule has 218 valence electrons. The number of aliphatic hydroxyl groups excluding tert-OH is 1. The second-order valence-corrected chi connectivity index (χ2v) is 11.1. The first-order valence-electron chi connectivity index (χ1n) is 13.7. The summed E-state index contributed by atoms with van der Waals surface area (Å²) in [6.07, 6.45) is -4.66. The van der Waals surface area contributed by atoms with E-state index in [2.05, 4.69) is 0 Å². The van der Waals surface area contributed by atoms with Crippen molar-refractivity contribution in [3.63, 3.8) is 0 Å². The van der Waals surface area contributed by atoms with E-state index < -0.39 is 31.6 Å². The predicted octanol–water partition coefficient (Wildman–Crippen LogP) is 4.20. The average molecular weight is 574 g/mol. The first-order valence-corrected chi connectivity index (χ1v) is 13.7. The quantitative estimate of drug-likeness (QED) is 0.293. The lowest BCUT2D eigenvalue weighted by Gasteiger charge is -2.30. The van der Waals surface area contributed by atoms with E-state index in [1.807, 2.05) is 34.4 Å². The number of benzene rings is 2. The molecular weight excluding hydrogens is 542 g/mol. The summed E-state index contributed by atoms with van der Waals surface area (Å²) >= 11 is 0. The van der Waals surface area contributed by atoms with Gasteiger partial charge in [-0.25, -0.2) is 9.37 Å². The van der Waals surface area contributed by atoms with Gasteiger partial charge in [0.25, 0.3) is 5.91 Å². The van der Waals surface area contributed by atoms with Gasteiger partial charge in [-0.3, -0.25) is 4.79 Å². The van der Waals surface area contributed by atoms with Crippen molar-refractivity contribution in [2.75, 3.05) is 26.4 Å². The van der Waals surface area contributed by atoms with Crippen molar-refractivity contribution in [2.24, 2.45) is 18.7 Å². The fourth-order valence-electron chi connectivity index (χ4n) is 5.55. The van der Waals surface area contributed by atoms with Crippen LogP contribution in [0.3, 0.4) is 0 Å². The molecule has 1 saturated carbocycles. The molecule has 8 nitrogen and oxygen atoms in total. The van der Waals surface area contributed by atoms with Gasteiger partial charge in [0.2, 0.25) is 0 Å². The summed E-state index contributed by atoms with van der Waals surface area (Å²) in [7, 11) is 1.89. The molecule has 1 aliphatic heterocycles.